The molecule has 0 saturated carbocycles. The van der Waals surface area contributed by atoms with Gasteiger partial charge >= 0.3 is 0 Å². The van der Waals surface area contributed by atoms with Crippen LogP contribution in [0.3, 0.4) is 0 Å². The summed E-state index contributed by atoms with van der Waals surface area (Å²) in [5.74, 6) is -0.232. The van der Waals surface area contributed by atoms with Crippen molar-refractivity contribution in [3.05, 3.63) is 71.8 Å². The molecular weight excluding hydrogens is 286 g/mol. The quantitative estimate of drug-likeness (QED) is 0.629. The highest BCUT2D eigenvalue weighted by atomic mass is 35.5. The predicted molar refractivity (Wildman–Crippen MR) is 83.7 cm³/mol. The summed E-state index contributed by atoms with van der Waals surface area (Å²) in [6.07, 6.45) is 0.602. The van der Waals surface area contributed by atoms with Crippen LogP contribution in [0.25, 0.3) is 0 Å². The number of amides is 1. The highest BCUT2D eigenvalue weighted by Crippen LogP contribution is 2.11. The van der Waals surface area contributed by atoms with Gasteiger partial charge in [-0.2, -0.15) is 0 Å². The first kappa shape index (κ1) is 15.5. The first-order valence-corrected chi connectivity index (χ1v) is 7.38. The van der Waals surface area contributed by atoms with Crippen molar-refractivity contribution in [2.45, 2.75) is 13.0 Å². The van der Waals surface area contributed by atoms with Gasteiger partial charge in [0.25, 0.3) is 0 Å². The molecule has 0 saturated heterocycles. The third-order valence-electron chi connectivity index (χ3n) is 3.14. The fraction of sp³-hybridized carbons (Fsp3) is 0.235. The van der Waals surface area contributed by atoms with Gasteiger partial charge < -0.3 is 0 Å². The lowest BCUT2D eigenvalue weighted by molar-refractivity contribution is -0.138. The SMILES string of the molecule is O=C(NOCc1ccccc1)[C@H](CCl)Cc1ccccc1. The molecule has 2 aromatic rings. The molecule has 1 N–H and O–H groups in total. The van der Waals surface area contributed by atoms with E-state index in [1.807, 2.05) is 60.7 Å². The van der Waals surface area contributed by atoms with E-state index in [0.29, 0.717) is 13.0 Å². The van der Waals surface area contributed by atoms with Crippen LogP contribution in [0.1, 0.15) is 11.1 Å². The predicted octanol–water partition coefficient (Wildman–Crippen LogP) is 3.33. The molecule has 0 aromatic heterocycles. The van der Waals surface area contributed by atoms with Crippen molar-refractivity contribution < 1.29 is 9.63 Å². The van der Waals surface area contributed by atoms with Gasteiger partial charge in [0.2, 0.25) is 5.91 Å². The monoisotopic (exact) mass is 303 g/mol. The molecule has 110 valence electrons. The van der Waals surface area contributed by atoms with E-state index in [-0.39, 0.29) is 17.7 Å². The first-order chi connectivity index (χ1) is 10.3. The Morgan fingerprint density at radius 2 is 1.57 bits per heavy atom. The van der Waals surface area contributed by atoms with Crippen LogP contribution in [-0.2, 0) is 22.7 Å². The minimum atomic E-state index is -0.301. The van der Waals surface area contributed by atoms with Crippen LogP contribution in [0.5, 0.6) is 0 Å². The lowest BCUT2D eigenvalue weighted by atomic mass is 10.0. The Morgan fingerprint density at radius 1 is 1.00 bits per heavy atom. The topological polar surface area (TPSA) is 38.3 Å². The van der Waals surface area contributed by atoms with Crippen molar-refractivity contribution in [3.63, 3.8) is 0 Å². The van der Waals surface area contributed by atoms with E-state index in [1.54, 1.807) is 0 Å². The number of carbonyl (C=O) groups is 1. The molecule has 2 aromatic carbocycles. The zero-order valence-electron chi connectivity index (χ0n) is 11.7. The third-order valence-corrected chi connectivity index (χ3v) is 3.51. The second-order valence-corrected chi connectivity index (χ2v) is 5.09. The van der Waals surface area contributed by atoms with Gasteiger partial charge in [0, 0.05) is 5.88 Å². The number of benzene rings is 2. The fourth-order valence-corrected chi connectivity index (χ4v) is 2.21. The normalized spacial score (nSPS) is 11.9. The lowest BCUT2D eigenvalue weighted by Gasteiger charge is -2.14. The van der Waals surface area contributed by atoms with Gasteiger partial charge in [0.15, 0.2) is 0 Å². The van der Waals surface area contributed by atoms with E-state index < -0.39 is 0 Å². The molecule has 0 heterocycles. The van der Waals surface area contributed by atoms with Gasteiger partial charge in [0.05, 0.1) is 12.5 Å². The van der Waals surface area contributed by atoms with E-state index in [1.165, 1.54) is 0 Å². The Balaban J connectivity index is 1.80. The number of rotatable bonds is 7. The number of halogens is 1. The van der Waals surface area contributed by atoms with E-state index in [2.05, 4.69) is 5.48 Å². The van der Waals surface area contributed by atoms with E-state index in [4.69, 9.17) is 16.4 Å². The fourth-order valence-electron chi connectivity index (χ4n) is 1.96. The highest BCUT2D eigenvalue weighted by Gasteiger charge is 2.18. The van der Waals surface area contributed by atoms with E-state index in [9.17, 15) is 4.79 Å². The minimum absolute atomic E-state index is 0.190. The molecule has 2 rings (SSSR count). The smallest absolute Gasteiger partial charge is 0.248 e. The van der Waals surface area contributed by atoms with Crippen molar-refractivity contribution in [3.8, 4) is 0 Å². The molecule has 0 aliphatic rings. The Labute approximate surface area is 129 Å². The summed E-state index contributed by atoms with van der Waals surface area (Å²) in [7, 11) is 0. The van der Waals surface area contributed by atoms with Crippen molar-refractivity contribution in [2.24, 2.45) is 5.92 Å². The zero-order valence-corrected chi connectivity index (χ0v) is 12.4. The van der Waals surface area contributed by atoms with Crippen LogP contribution in [0.4, 0.5) is 0 Å². The summed E-state index contributed by atoms with van der Waals surface area (Å²) < 4.78 is 0. The maximum Gasteiger partial charge on any atom is 0.248 e. The van der Waals surface area contributed by atoms with Crippen LogP contribution in [0.2, 0.25) is 0 Å². The standard InChI is InChI=1S/C17H18ClNO2/c18-12-16(11-14-7-3-1-4-8-14)17(20)19-21-13-15-9-5-2-6-10-15/h1-10,16H,11-13H2,(H,19,20)/t16-/m0/s1. The van der Waals surface area contributed by atoms with Crippen LogP contribution < -0.4 is 5.48 Å². The first-order valence-electron chi connectivity index (χ1n) is 6.85. The summed E-state index contributed by atoms with van der Waals surface area (Å²) in [5, 5.41) is 0. The number of nitrogens with one attached hydrogen (secondary N) is 1. The van der Waals surface area contributed by atoms with Crippen LogP contribution in [0, 0.1) is 5.92 Å². The van der Waals surface area contributed by atoms with E-state index >= 15 is 0 Å². The summed E-state index contributed by atoms with van der Waals surface area (Å²) in [6, 6.07) is 19.5. The molecule has 0 spiro atoms. The van der Waals surface area contributed by atoms with Gasteiger partial charge in [-0.15, -0.1) is 11.6 Å². The van der Waals surface area contributed by atoms with Crippen LogP contribution in [0.15, 0.2) is 60.7 Å². The maximum atomic E-state index is 12.0. The number of hydrogen-bond donors (Lipinski definition) is 1. The second-order valence-electron chi connectivity index (χ2n) is 4.78. The molecule has 0 aliphatic heterocycles. The van der Waals surface area contributed by atoms with E-state index in [0.717, 1.165) is 11.1 Å². The molecule has 1 atom stereocenters. The van der Waals surface area contributed by atoms with Crippen LogP contribution >= 0.6 is 11.6 Å². The molecule has 1 amide bonds. The molecular formula is C17H18ClNO2. The van der Waals surface area contributed by atoms with Crippen molar-refractivity contribution in [2.75, 3.05) is 5.88 Å². The van der Waals surface area contributed by atoms with Crippen molar-refractivity contribution in [1.82, 2.24) is 5.48 Å². The van der Waals surface area contributed by atoms with Gasteiger partial charge in [-0.25, -0.2) is 5.48 Å². The number of carbonyl (C=O) groups excluding carboxylic acids is 1. The molecule has 3 nitrogen and oxygen atoms in total. The third kappa shape index (κ3) is 5.21. The lowest BCUT2D eigenvalue weighted by Crippen LogP contribution is -2.33. The molecule has 21 heavy (non-hydrogen) atoms. The average Bonchev–Trinajstić information content (AvgIpc) is 2.54. The van der Waals surface area contributed by atoms with Crippen LogP contribution in [-0.4, -0.2) is 11.8 Å². The van der Waals surface area contributed by atoms with Crippen molar-refractivity contribution in [1.29, 1.82) is 0 Å². The van der Waals surface area contributed by atoms with Gasteiger partial charge in [-0.1, -0.05) is 60.7 Å². The molecule has 0 unspecified atom stereocenters. The molecule has 0 aliphatic carbocycles. The second kappa shape index (κ2) is 8.45. The summed E-state index contributed by atoms with van der Waals surface area (Å²) in [5.41, 5.74) is 4.57. The van der Waals surface area contributed by atoms with Gasteiger partial charge in [-0.3, -0.25) is 9.63 Å². The van der Waals surface area contributed by atoms with Gasteiger partial charge in [0.1, 0.15) is 0 Å². The number of hydroxylamine groups is 1. The number of hydrogen-bond acceptors (Lipinski definition) is 2. The largest absolute Gasteiger partial charge is 0.272 e. The highest BCUT2D eigenvalue weighted by molar-refractivity contribution is 6.19. The van der Waals surface area contributed by atoms with Crippen molar-refractivity contribution >= 4 is 17.5 Å². The Morgan fingerprint density at radius 3 is 2.14 bits per heavy atom. The Kier molecular flexibility index (Phi) is 6.25. The summed E-state index contributed by atoms with van der Waals surface area (Å²) in [6.45, 7) is 0.340. The minimum Gasteiger partial charge on any atom is -0.272 e. The average molecular weight is 304 g/mol. The maximum absolute atomic E-state index is 12.0. The van der Waals surface area contributed by atoms with Gasteiger partial charge in [-0.05, 0) is 17.5 Å². The summed E-state index contributed by atoms with van der Waals surface area (Å²) >= 11 is 5.89. The molecule has 4 heteroatoms. The summed E-state index contributed by atoms with van der Waals surface area (Å²) in [4.78, 5) is 17.3. The Bertz CT molecular complexity index is 545. The molecule has 0 bridgehead atoms. The Hall–Kier alpha value is -1.84. The number of alkyl halides is 1. The molecule has 0 radical (unpaired) electrons. The zero-order chi connectivity index (χ0) is 14.9. The molecule has 0 fully saturated rings.